The highest BCUT2D eigenvalue weighted by molar-refractivity contribution is 7.90. The van der Waals surface area contributed by atoms with Gasteiger partial charge < -0.3 is 15.4 Å². The quantitative estimate of drug-likeness (QED) is 0.355. The predicted molar refractivity (Wildman–Crippen MR) is 70.2 cm³/mol. The molecule has 0 rings (SSSR count). The molecule has 17 heavy (non-hydrogen) atoms. The summed E-state index contributed by atoms with van der Waals surface area (Å²) in [5.41, 5.74) is 0. The average molecular weight is 265 g/mol. The Morgan fingerprint density at radius 1 is 1.18 bits per heavy atom. The van der Waals surface area contributed by atoms with E-state index in [1.54, 1.807) is 0 Å². The zero-order chi connectivity index (χ0) is 13.1. The molecule has 2 N–H and O–H groups in total. The van der Waals surface area contributed by atoms with E-state index in [1.165, 1.54) is 6.26 Å². The van der Waals surface area contributed by atoms with E-state index in [2.05, 4.69) is 15.6 Å². The fraction of sp³-hybridized carbons (Fsp3) is 0.900. The molecular formula is C10H23N3O3S. The van der Waals surface area contributed by atoms with E-state index in [0.717, 1.165) is 19.0 Å². The highest BCUT2D eigenvalue weighted by atomic mass is 32.2. The number of guanidine groups is 1. The van der Waals surface area contributed by atoms with Gasteiger partial charge in [0.15, 0.2) is 5.96 Å². The van der Waals surface area contributed by atoms with Crippen LogP contribution in [-0.2, 0) is 14.6 Å². The molecule has 102 valence electrons. The predicted octanol–water partition coefficient (Wildman–Crippen LogP) is -0.377. The van der Waals surface area contributed by atoms with Crippen LogP contribution in [0.1, 0.15) is 13.8 Å². The summed E-state index contributed by atoms with van der Waals surface area (Å²) in [7, 11) is -2.93. The second kappa shape index (κ2) is 9.23. The summed E-state index contributed by atoms with van der Waals surface area (Å²) < 4.78 is 26.8. The number of nitrogens with zero attached hydrogens (tertiary/aromatic N) is 1. The van der Waals surface area contributed by atoms with Crippen LogP contribution >= 0.6 is 0 Å². The Morgan fingerprint density at radius 2 is 1.76 bits per heavy atom. The summed E-state index contributed by atoms with van der Waals surface area (Å²) in [4.78, 5) is 4.26. The van der Waals surface area contributed by atoms with Crippen molar-refractivity contribution in [2.24, 2.45) is 4.99 Å². The molecule has 0 saturated carbocycles. The van der Waals surface area contributed by atoms with Crippen molar-refractivity contribution in [2.75, 3.05) is 44.9 Å². The lowest BCUT2D eigenvalue weighted by molar-refractivity contribution is 0.157. The molecule has 0 heterocycles. The van der Waals surface area contributed by atoms with Crippen molar-refractivity contribution in [3.8, 4) is 0 Å². The number of hydrogen-bond donors (Lipinski definition) is 2. The Kier molecular flexibility index (Phi) is 8.79. The summed E-state index contributed by atoms with van der Waals surface area (Å²) in [6.45, 7) is 6.77. The summed E-state index contributed by atoms with van der Waals surface area (Å²) in [6.07, 6.45) is 1.20. The summed E-state index contributed by atoms with van der Waals surface area (Å²) >= 11 is 0. The first-order valence-corrected chi connectivity index (χ1v) is 7.83. The van der Waals surface area contributed by atoms with Crippen LogP contribution in [-0.4, -0.2) is 59.2 Å². The van der Waals surface area contributed by atoms with Gasteiger partial charge in [-0.2, -0.15) is 0 Å². The van der Waals surface area contributed by atoms with Gasteiger partial charge in [0.2, 0.25) is 0 Å². The molecule has 0 aromatic carbocycles. The first-order valence-electron chi connectivity index (χ1n) is 5.77. The van der Waals surface area contributed by atoms with Gasteiger partial charge in [0.1, 0.15) is 9.84 Å². The van der Waals surface area contributed by atoms with E-state index in [9.17, 15) is 8.42 Å². The molecule has 0 atom stereocenters. The summed E-state index contributed by atoms with van der Waals surface area (Å²) in [5.74, 6) is 0.811. The summed E-state index contributed by atoms with van der Waals surface area (Å²) in [6, 6.07) is 0. The molecule has 0 fully saturated rings. The van der Waals surface area contributed by atoms with E-state index in [0.29, 0.717) is 13.2 Å². The fourth-order valence-electron chi connectivity index (χ4n) is 1.04. The van der Waals surface area contributed by atoms with Crippen LogP contribution in [0.15, 0.2) is 4.99 Å². The maximum absolute atomic E-state index is 10.8. The largest absolute Gasteiger partial charge is 0.378 e. The SMILES string of the molecule is CCNC(=NCCOCCS(C)(=O)=O)NCC. The highest BCUT2D eigenvalue weighted by Gasteiger charge is 2.00. The molecule has 0 aliphatic heterocycles. The number of hydrogen-bond acceptors (Lipinski definition) is 4. The van der Waals surface area contributed by atoms with E-state index >= 15 is 0 Å². The normalized spacial score (nSPS) is 11.0. The third kappa shape index (κ3) is 11.4. The molecule has 0 aromatic heterocycles. The number of rotatable bonds is 8. The molecule has 0 aliphatic carbocycles. The smallest absolute Gasteiger partial charge is 0.191 e. The van der Waals surface area contributed by atoms with Gasteiger partial charge in [0, 0.05) is 19.3 Å². The number of ether oxygens (including phenoxy) is 1. The standard InChI is InChI=1S/C10H23N3O3S/c1-4-11-10(12-5-2)13-6-7-16-8-9-17(3,14)15/h4-9H2,1-3H3,(H2,11,12,13). The lowest BCUT2D eigenvalue weighted by Gasteiger charge is -2.09. The zero-order valence-corrected chi connectivity index (χ0v) is 11.6. The molecule has 0 bridgehead atoms. The molecule has 0 saturated heterocycles. The molecule has 0 aliphatic rings. The minimum absolute atomic E-state index is 0.0595. The van der Waals surface area contributed by atoms with Gasteiger partial charge in [0.05, 0.1) is 25.5 Å². The van der Waals surface area contributed by atoms with Gasteiger partial charge in [-0.25, -0.2) is 8.42 Å². The second-order valence-corrected chi connectivity index (χ2v) is 5.79. The third-order valence-electron chi connectivity index (χ3n) is 1.79. The first kappa shape index (κ1) is 16.2. The zero-order valence-electron chi connectivity index (χ0n) is 10.8. The maximum atomic E-state index is 10.8. The van der Waals surface area contributed by atoms with Crippen molar-refractivity contribution in [3.05, 3.63) is 0 Å². The van der Waals surface area contributed by atoms with Crippen LogP contribution < -0.4 is 10.6 Å². The average Bonchev–Trinajstić information content (AvgIpc) is 2.22. The van der Waals surface area contributed by atoms with E-state index in [-0.39, 0.29) is 12.4 Å². The van der Waals surface area contributed by atoms with Gasteiger partial charge in [-0.1, -0.05) is 0 Å². The molecule has 0 unspecified atom stereocenters. The molecule has 6 nitrogen and oxygen atoms in total. The molecule has 0 radical (unpaired) electrons. The van der Waals surface area contributed by atoms with Crippen LogP contribution in [0.4, 0.5) is 0 Å². The Labute approximate surface area is 104 Å². The molecule has 0 amide bonds. The number of sulfone groups is 1. The van der Waals surface area contributed by atoms with Gasteiger partial charge in [-0.05, 0) is 13.8 Å². The van der Waals surface area contributed by atoms with Gasteiger partial charge in [0.25, 0.3) is 0 Å². The molecule has 7 heteroatoms. The van der Waals surface area contributed by atoms with E-state index in [4.69, 9.17) is 4.74 Å². The van der Waals surface area contributed by atoms with Crippen molar-refractivity contribution in [1.82, 2.24) is 10.6 Å². The monoisotopic (exact) mass is 265 g/mol. The van der Waals surface area contributed by atoms with Crippen molar-refractivity contribution in [2.45, 2.75) is 13.8 Å². The van der Waals surface area contributed by atoms with Gasteiger partial charge >= 0.3 is 0 Å². The van der Waals surface area contributed by atoms with E-state index < -0.39 is 9.84 Å². The van der Waals surface area contributed by atoms with Gasteiger partial charge in [-0.15, -0.1) is 0 Å². The minimum Gasteiger partial charge on any atom is -0.378 e. The van der Waals surface area contributed by atoms with Gasteiger partial charge in [-0.3, -0.25) is 4.99 Å². The number of nitrogens with one attached hydrogen (secondary N) is 2. The highest BCUT2D eigenvalue weighted by Crippen LogP contribution is 1.84. The lowest BCUT2D eigenvalue weighted by atomic mass is 10.6. The second-order valence-electron chi connectivity index (χ2n) is 3.53. The third-order valence-corrected chi connectivity index (χ3v) is 2.70. The van der Waals surface area contributed by atoms with Crippen LogP contribution in [0.25, 0.3) is 0 Å². The minimum atomic E-state index is -2.93. The van der Waals surface area contributed by atoms with Crippen molar-refractivity contribution < 1.29 is 13.2 Å². The fourth-order valence-corrected chi connectivity index (χ4v) is 1.46. The van der Waals surface area contributed by atoms with Crippen LogP contribution in [0.2, 0.25) is 0 Å². The maximum Gasteiger partial charge on any atom is 0.191 e. The Hall–Kier alpha value is -0.820. The van der Waals surface area contributed by atoms with Crippen molar-refractivity contribution >= 4 is 15.8 Å². The Bertz CT molecular complexity index is 307. The Balaban J connectivity index is 3.68. The molecular weight excluding hydrogens is 242 g/mol. The van der Waals surface area contributed by atoms with Crippen LogP contribution in [0, 0.1) is 0 Å². The van der Waals surface area contributed by atoms with Crippen LogP contribution in [0.5, 0.6) is 0 Å². The molecule has 0 aromatic rings. The van der Waals surface area contributed by atoms with Crippen molar-refractivity contribution in [1.29, 1.82) is 0 Å². The summed E-state index contributed by atoms with van der Waals surface area (Å²) in [5, 5.41) is 6.17. The van der Waals surface area contributed by atoms with E-state index in [1.807, 2.05) is 13.8 Å². The lowest BCUT2D eigenvalue weighted by Crippen LogP contribution is -2.37. The topological polar surface area (TPSA) is 79.8 Å². The van der Waals surface area contributed by atoms with Crippen molar-refractivity contribution in [3.63, 3.8) is 0 Å². The first-order chi connectivity index (χ1) is 7.99. The Morgan fingerprint density at radius 3 is 2.24 bits per heavy atom. The van der Waals surface area contributed by atoms with Crippen LogP contribution in [0.3, 0.4) is 0 Å². The number of aliphatic imine (C=N–C) groups is 1. The molecule has 0 spiro atoms.